The Kier molecular flexibility index (Phi) is 3.89. The third-order valence-electron chi connectivity index (χ3n) is 3.47. The summed E-state index contributed by atoms with van der Waals surface area (Å²) in [6, 6.07) is 9.67. The molecular formula is C16H12F3NO2S. The third kappa shape index (κ3) is 2.72. The SMILES string of the molecule is CNC1=C(c2sccc2C(F)(F)F)C(=O)C(c2ccccc2)O1. The van der Waals surface area contributed by atoms with Crippen molar-refractivity contribution in [3.05, 3.63) is 63.7 Å². The minimum atomic E-state index is -4.52. The fraction of sp³-hybridized carbons (Fsp3) is 0.188. The number of carbonyl (C=O) groups excluding carboxylic acids is 1. The highest BCUT2D eigenvalue weighted by molar-refractivity contribution is 7.11. The monoisotopic (exact) mass is 339 g/mol. The van der Waals surface area contributed by atoms with Crippen LogP contribution in [0.5, 0.6) is 0 Å². The van der Waals surface area contributed by atoms with Gasteiger partial charge in [-0.15, -0.1) is 11.3 Å². The first-order chi connectivity index (χ1) is 10.9. The van der Waals surface area contributed by atoms with E-state index in [4.69, 9.17) is 4.74 Å². The van der Waals surface area contributed by atoms with Crippen molar-refractivity contribution >= 4 is 22.7 Å². The van der Waals surface area contributed by atoms with Crippen LogP contribution in [-0.2, 0) is 15.7 Å². The molecule has 0 saturated carbocycles. The van der Waals surface area contributed by atoms with Gasteiger partial charge in [-0.25, -0.2) is 0 Å². The summed E-state index contributed by atoms with van der Waals surface area (Å²) in [5.41, 5.74) is -0.273. The second-order valence-corrected chi connectivity index (χ2v) is 5.80. The fourth-order valence-electron chi connectivity index (χ4n) is 2.45. The van der Waals surface area contributed by atoms with Gasteiger partial charge in [-0.3, -0.25) is 4.79 Å². The summed E-state index contributed by atoms with van der Waals surface area (Å²) in [5.74, 6) is -0.412. The van der Waals surface area contributed by atoms with Gasteiger partial charge in [0.05, 0.1) is 16.0 Å². The molecule has 1 aliphatic heterocycles. The van der Waals surface area contributed by atoms with Gasteiger partial charge in [-0.05, 0) is 11.4 Å². The molecule has 0 aliphatic carbocycles. The highest BCUT2D eigenvalue weighted by atomic mass is 32.1. The lowest BCUT2D eigenvalue weighted by molar-refractivity contribution is -0.137. The minimum absolute atomic E-state index is 0.0521. The maximum atomic E-state index is 13.1. The van der Waals surface area contributed by atoms with Crippen molar-refractivity contribution in [2.45, 2.75) is 12.3 Å². The van der Waals surface area contributed by atoms with Crippen molar-refractivity contribution in [1.82, 2.24) is 5.32 Å². The van der Waals surface area contributed by atoms with E-state index in [2.05, 4.69) is 5.32 Å². The van der Waals surface area contributed by atoms with Crippen molar-refractivity contribution in [1.29, 1.82) is 0 Å². The van der Waals surface area contributed by atoms with Crippen LogP contribution in [0.4, 0.5) is 13.2 Å². The summed E-state index contributed by atoms with van der Waals surface area (Å²) < 4.78 is 44.9. The number of Topliss-reactive ketones (excluding diaryl/α,β-unsaturated/α-hetero) is 1. The molecule has 1 unspecified atom stereocenters. The average molecular weight is 339 g/mol. The Morgan fingerprint density at radius 3 is 2.48 bits per heavy atom. The molecule has 0 spiro atoms. The fourth-order valence-corrected chi connectivity index (χ4v) is 3.41. The van der Waals surface area contributed by atoms with E-state index in [0.717, 1.165) is 17.4 Å². The van der Waals surface area contributed by atoms with Gasteiger partial charge in [-0.1, -0.05) is 30.3 Å². The molecule has 3 nitrogen and oxygen atoms in total. The zero-order chi connectivity index (χ0) is 16.6. The van der Waals surface area contributed by atoms with E-state index in [1.54, 1.807) is 30.3 Å². The van der Waals surface area contributed by atoms with E-state index in [9.17, 15) is 18.0 Å². The lowest BCUT2D eigenvalue weighted by atomic mass is 9.99. The minimum Gasteiger partial charge on any atom is -0.462 e. The zero-order valence-corrected chi connectivity index (χ0v) is 12.8. The molecule has 2 aromatic rings. The molecule has 3 rings (SSSR count). The predicted molar refractivity (Wildman–Crippen MR) is 80.6 cm³/mol. The topological polar surface area (TPSA) is 38.3 Å². The number of hydrogen-bond acceptors (Lipinski definition) is 4. The number of rotatable bonds is 3. The molecule has 0 saturated heterocycles. The molecule has 1 aromatic carbocycles. The van der Waals surface area contributed by atoms with E-state index in [1.807, 2.05) is 0 Å². The van der Waals surface area contributed by atoms with Crippen LogP contribution in [0.3, 0.4) is 0 Å². The number of hydrogen-bond donors (Lipinski definition) is 1. The van der Waals surface area contributed by atoms with Gasteiger partial charge in [0.2, 0.25) is 5.78 Å². The Balaban J connectivity index is 2.05. The van der Waals surface area contributed by atoms with Crippen molar-refractivity contribution in [3.63, 3.8) is 0 Å². The summed E-state index contributed by atoms with van der Waals surface area (Å²) in [6.07, 6.45) is -5.46. The first-order valence-electron chi connectivity index (χ1n) is 6.76. The molecular weight excluding hydrogens is 327 g/mol. The van der Waals surface area contributed by atoms with Crippen LogP contribution in [0.25, 0.3) is 5.57 Å². The van der Waals surface area contributed by atoms with Crippen LogP contribution < -0.4 is 5.32 Å². The zero-order valence-electron chi connectivity index (χ0n) is 12.0. The Morgan fingerprint density at radius 1 is 1.17 bits per heavy atom. The molecule has 1 aromatic heterocycles. The van der Waals surface area contributed by atoms with Crippen LogP contribution in [0.1, 0.15) is 22.1 Å². The smallest absolute Gasteiger partial charge is 0.417 e. The maximum absolute atomic E-state index is 13.1. The molecule has 7 heteroatoms. The van der Waals surface area contributed by atoms with Crippen LogP contribution in [-0.4, -0.2) is 12.8 Å². The number of ether oxygens (including phenoxy) is 1. The molecule has 1 atom stereocenters. The summed E-state index contributed by atoms with van der Waals surface area (Å²) in [6.45, 7) is 0. The highest BCUT2D eigenvalue weighted by Crippen LogP contribution is 2.44. The Bertz CT molecular complexity index is 765. The van der Waals surface area contributed by atoms with Gasteiger partial charge < -0.3 is 10.1 Å². The van der Waals surface area contributed by atoms with Crippen LogP contribution in [0, 0.1) is 0 Å². The molecule has 0 bridgehead atoms. The molecule has 0 fully saturated rings. The number of carbonyl (C=O) groups is 1. The van der Waals surface area contributed by atoms with Crippen LogP contribution in [0.2, 0.25) is 0 Å². The maximum Gasteiger partial charge on any atom is 0.417 e. The predicted octanol–water partition coefficient (Wildman–Crippen LogP) is 4.00. The summed E-state index contributed by atoms with van der Waals surface area (Å²) in [5, 5.41) is 4.01. The summed E-state index contributed by atoms with van der Waals surface area (Å²) >= 11 is 0.875. The lowest BCUT2D eigenvalue weighted by Gasteiger charge is -2.11. The van der Waals surface area contributed by atoms with Gasteiger partial charge in [0.25, 0.3) is 0 Å². The van der Waals surface area contributed by atoms with Gasteiger partial charge in [-0.2, -0.15) is 13.2 Å². The number of nitrogens with one attached hydrogen (secondary N) is 1. The third-order valence-corrected chi connectivity index (χ3v) is 4.41. The van der Waals surface area contributed by atoms with Crippen LogP contribution in [0.15, 0.2) is 47.7 Å². The summed E-state index contributed by atoms with van der Waals surface area (Å²) in [7, 11) is 1.51. The van der Waals surface area contributed by atoms with Crippen molar-refractivity contribution in [3.8, 4) is 0 Å². The normalized spacial score (nSPS) is 18.3. The molecule has 1 aliphatic rings. The van der Waals surface area contributed by atoms with E-state index in [0.29, 0.717) is 5.56 Å². The van der Waals surface area contributed by atoms with E-state index >= 15 is 0 Å². The molecule has 0 amide bonds. The highest BCUT2D eigenvalue weighted by Gasteiger charge is 2.42. The Morgan fingerprint density at radius 2 is 1.87 bits per heavy atom. The summed E-state index contributed by atoms with van der Waals surface area (Å²) in [4.78, 5) is 12.5. The molecule has 0 radical (unpaired) electrons. The first kappa shape index (κ1) is 15.6. The lowest BCUT2D eigenvalue weighted by Crippen LogP contribution is -2.12. The molecule has 23 heavy (non-hydrogen) atoms. The number of alkyl halides is 3. The van der Waals surface area contributed by atoms with Gasteiger partial charge in [0.15, 0.2) is 12.0 Å². The van der Waals surface area contributed by atoms with Gasteiger partial charge in [0.1, 0.15) is 0 Å². The number of benzene rings is 1. The first-order valence-corrected chi connectivity index (χ1v) is 7.64. The number of thiophene rings is 1. The van der Waals surface area contributed by atoms with Crippen molar-refractivity contribution in [2.75, 3.05) is 7.05 Å². The number of ketones is 1. The van der Waals surface area contributed by atoms with Crippen LogP contribution >= 0.6 is 11.3 Å². The average Bonchev–Trinajstić information content (AvgIpc) is 3.11. The Hall–Kier alpha value is -2.28. The van der Waals surface area contributed by atoms with Crippen molar-refractivity contribution in [2.24, 2.45) is 0 Å². The quantitative estimate of drug-likeness (QED) is 0.919. The van der Waals surface area contributed by atoms with Gasteiger partial charge >= 0.3 is 6.18 Å². The second kappa shape index (κ2) is 5.73. The largest absolute Gasteiger partial charge is 0.462 e. The van der Waals surface area contributed by atoms with Gasteiger partial charge in [0, 0.05) is 12.6 Å². The number of halogens is 3. The Labute approximate surface area is 134 Å². The van der Waals surface area contributed by atoms with E-state index < -0.39 is 23.6 Å². The molecule has 120 valence electrons. The molecule has 2 heterocycles. The standard InChI is InChI=1S/C16H12F3NO2S/c1-20-15-11(14-10(7-8-23-14)16(17,18)19)12(21)13(22-15)9-5-3-2-4-6-9/h2-8,13,20H,1H3. The van der Waals surface area contributed by atoms with Crippen molar-refractivity contribution < 1.29 is 22.7 Å². The second-order valence-electron chi connectivity index (χ2n) is 4.89. The van der Waals surface area contributed by atoms with E-state index in [1.165, 1.54) is 12.4 Å². The van der Waals surface area contributed by atoms with E-state index in [-0.39, 0.29) is 16.3 Å². The molecule has 1 N–H and O–H groups in total.